The van der Waals surface area contributed by atoms with E-state index in [2.05, 4.69) is 5.32 Å². The summed E-state index contributed by atoms with van der Waals surface area (Å²) < 4.78 is 0. The van der Waals surface area contributed by atoms with Crippen LogP contribution in [0.15, 0.2) is 30.3 Å². The standard InChI is InChI=1S/C21H29N3O4/c1-14(2)19(27)24-11-7-10-21(24)13-23(20(21)28)17(15(3)25)18(26)22-12-16-8-5-4-6-9-16/h4-6,8-9,14-15,17,25H,7,10-13H2,1-3H3,(H,22,26)/t15-,17+,21?/m1/s1. The summed E-state index contributed by atoms with van der Waals surface area (Å²) in [7, 11) is 0. The summed E-state index contributed by atoms with van der Waals surface area (Å²) in [5.41, 5.74) is 0.102. The molecule has 1 aromatic rings. The van der Waals surface area contributed by atoms with Gasteiger partial charge in [-0.25, -0.2) is 0 Å². The zero-order valence-corrected chi connectivity index (χ0v) is 16.7. The molecule has 7 heteroatoms. The first-order chi connectivity index (χ1) is 13.3. The maximum Gasteiger partial charge on any atom is 0.251 e. The second-order valence-electron chi connectivity index (χ2n) is 8.10. The smallest absolute Gasteiger partial charge is 0.251 e. The molecule has 1 spiro atoms. The number of hydrogen-bond acceptors (Lipinski definition) is 4. The molecule has 0 aromatic heterocycles. The summed E-state index contributed by atoms with van der Waals surface area (Å²) in [6, 6.07) is 8.50. The third-order valence-electron chi connectivity index (χ3n) is 5.71. The molecule has 2 aliphatic rings. The molecule has 1 aromatic carbocycles. The lowest BCUT2D eigenvalue weighted by Gasteiger charge is -2.54. The van der Waals surface area contributed by atoms with E-state index in [4.69, 9.17) is 0 Å². The molecule has 0 saturated carbocycles. The fourth-order valence-electron chi connectivity index (χ4n) is 4.23. The quantitative estimate of drug-likeness (QED) is 0.710. The van der Waals surface area contributed by atoms with Gasteiger partial charge in [-0.2, -0.15) is 0 Å². The summed E-state index contributed by atoms with van der Waals surface area (Å²) in [5.74, 6) is -0.840. The molecule has 0 aliphatic carbocycles. The molecular weight excluding hydrogens is 358 g/mol. The second-order valence-corrected chi connectivity index (χ2v) is 8.10. The number of aliphatic hydroxyl groups excluding tert-OH is 1. The zero-order chi connectivity index (χ0) is 20.5. The number of rotatable bonds is 6. The van der Waals surface area contributed by atoms with Crippen LogP contribution in [0.3, 0.4) is 0 Å². The number of carbonyl (C=O) groups is 3. The van der Waals surface area contributed by atoms with E-state index in [1.165, 1.54) is 11.8 Å². The Balaban J connectivity index is 1.70. The van der Waals surface area contributed by atoms with Crippen LogP contribution in [0.1, 0.15) is 39.2 Å². The van der Waals surface area contributed by atoms with Gasteiger partial charge >= 0.3 is 0 Å². The van der Waals surface area contributed by atoms with Gasteiger partial charge in [0.2, 0.25) is 11.8 Å². The number of benzene rings is 1. The van der Waals surface area contributed by atoms with Crippen LogP contribution in [-0.4, -0.2) is 63.4 Å². The molecule has 2 aliphatic heterocycles. The highest BCUT2D eigenvalue weighted by Gasteiger charge is 2.62. The van der Waals surface area contributed by atoms with Crippen LogP contribution in [0.4, 0.5) is 0 Å². The Hall–Kier alpha value is -2.41. The minimum Gasteiger partial charge on any atom is -0.391 e. The summed E-state index contributed by atoms with van der Waals surface area (Å²) in [6.07, 6.45) is 0.379. The fraction of sp³-hybridized carbons (Fsp3) is 0.571. The number of amides is 3. The number of nitrogens with one attached hydrogen (secondary N) is 1. The monoisotopic (exact) mass is 387 g/mol. The summed E-state index contributed by atoms with van der Waals surface area (Å²) in [5, 5.41) is 13.0. The predicted molar refractivity (Wildman–Crippen MR) is 104 cm³/mol. The predicted octanol–water partition coefficient (Wildman–Crippen LogP) is 0.912. The summed E-state index contributed by atoms with van der Waals surface area (Å²) >= 11 is 0. The molecule has 0 radical (unpaired) electrons. The first kappa shape index (κ1) is 20.3. The van der Waals surface area contributed by atoms with Crippen molar-refractivity contribution in [1.82, 2.24) is 15.1 Å². The van der Waals surface area contributed by atoms with E-state index in [-0.39, 0.29) is 23.6 Å². The van der Waals surface area contributed by atoms with Crippen molar-refractivity contribution in [3.8, 4) is 0 Å². The molecule has 3 amide bonds. The van der Waals surface area contributed by atoms with Crippen molar-refractivity contribution in [2.45, 2.75) is 57.8 Å². The van der Waals surface area contributed by atoms with Gasteiger partial charge in [-0.1, -0.05) is 44.2 Å². The lowest BCUT2D eigenvalue weighted by Crippen LogP contribution is -2.77. The number of aliphatic hydroxyl groups is 1. The van der Waals surface area contributed by atoms with Gasteiger partial charge in [0, 0.05) is 19.0 Å². The molecule has 28 heavy (non-hydrogen) atoms. The van der Waals surface area contributed by atoms with Gasteiger partial charge in [0.15, 0.2) is 0 Å². The van der Waals surface area contributed by atoms with E-state index >= 15 is 0 Å². The van der Waals surface area contributed by atoms with Gasteiger partial charge in [-0.05, 0) is 25.3 Å². The Morgan fingerprint density at radius 3 is 2.46 bits per heavy atom. The molecule has 2 heterocycles. The van der Waals surface area contributed by atoms with Crippen molar-refractivity contribution in [2.75, 3.05) is 13.1 Å². The number of β-lactam (4-membered cyclic amide) rings is 1. The van der Waals surface area contributed by atoms with Crippen molar-refractivity contribution in [2.24, 2.45) is 5.92 Å². The van der Waals surface area contributed by atoms with Gasteiger partial charge in [-0.3, -0.25) is 14.4 Å². The first-order valence-corrected chi connectivity index (χ1v) is 9.90. The number of nitrogens with zero attached hydrogens (tertiary/aromatic N) is 2. The molecular formula is C21H29N3O4. The minimum atomic E-state index is -1.01. The summed E-state index contributed by atoms with van der Waals surface area (Å²) in [6.45, 7) is 6.34. The van der Waals surface area contributed by atoms with E-state index in [1.54, 1.807) is 4.90 Å². The van der Waals surface area contributed by atoms with Crippen molar-refractivity contribution >= 4 is 17.7 Å². The van der Waals surface area contributed by atoms with Gasteiger partial charge in [0.1, 0.15) is 11.6 Å². The number of carbonyl (C=O) groups excluding carboxylic acids is 3. The average molecular weight is 387 g/mol. The molecule has 3 rings (SSSR count). The van der Waals surface area contributed by atoms with Crippen LogP contribution in [-0.2, 0) is 20.9 Å². The molecule has 2 saturated heterocycles. The lowest BCUT2D eigenvalue weighted by molar-refractivity contribution is -0.177. The van der Waals surface area contributed by atoms with Crippen LogP contribution in [0, 0.1) is 5.92 Å². The van der Waals surface area contributed by atoms with Crippen LogP contribution >= 0.6 is 0 Å². The van der Waals surface area contributed by atoms with E-state index in [0.717, 1.165) is 12.0 Å². The maximum atomic E-state index is 13.1. The van der Waals surface area contributed by atoms with Gasteiger partial charge in [-0.15, -0.1) is 0 Å². The molecule has 2 fully saturated rings. The highest BCUT2D eigenvalue weighted by atomic mass is 16.3. The molecule has 152 valence electrons. The highest BCUT2D eigenvalue weighted by Crippen LogP contribution is 2.41. The second kappa shape index (κ2) is 7.91. The van der Waals surface area contributed by atoms with Gasteiger partial charge < -0.3 is 20.2 Å². The number of likely N-dealkylation sites (tertiary alicyclic amines) is 2. The van der Waals surface area contributed by atoms with E-state index in [1.807, 2.05) is 44.2 Å². The largest absolute Gasteiger partial charge is 0.391 e. The van der Waals surface area contributed by atoms with Crippen molar-refractivity contribution < 1.29 is 19.5 Å². The number of hydrogen-bond donors (Lipinski definition) is 2. The lowest BCUT2D eigenvalue weighted by atomic mass is 9.82. The van der Waals surface area contributed by atoms with Crippen LogP contribution in [0.25, 0.3) is 0 Å². The molecule has 2 N–H and O–H groups in total. The van der Waals surface area contributed by atoms with Crippen molar-refractivity contribution in [3.63, 3.8) is 0 Å². The SMILES string of the molecule is CC(C)C(=O)N1CCCC12CN([C@H](C(=O)NCc1ccccc1)[C@@H](C)O)C2=O. The third kappa shape index (κ3) is 3.51. The zero-order valence-electron chi connectivity index (χ0n) is 16.7. The Morgan fingerprint density at radius 1 is 1.21 bits per heavy atom. The average Bonchev–Trinajstić information content (AvgIpc) is 3.12. The Kier molecular flexibility index (Phi) is 5.74. The van der Waals surface area contributed by atoms with E-state index in [9.17, 15) is 19.5 Å². The van der Waals surface area contributed by atoms with E-state index in [0.29, 0.717) is 26.1 Å². The van der Waals surface area contributed by atoms with Crippen LogP contribution in [0.5, 0.6) is 0 Å². The van der Waals surface area contributed by atoms with Crippen molar-refractivity contribution in [3.05, 3.63) is 35.9 Å². The highest BCUT2D eigenvalue weighted by molar-refractivity contribution is 6.00. The molecule has 3 atom stereocenters. The maximum absolute atomic E-state index is 13.1. The Labute approximate surface area is 165 Å². The molecule has 7 nitrogen and oxygen atoms in total. The van der Waals surface area contributed by atoms with E-state index < -0.39 is 17.7 Å². The Morgan fingerprint density at radius 2 is 1.89 bits per heavy atom. The Bertz CT molecular complexity index is 749. The normalized spacial score (nSPS) is 23.7. The van der Waals surface area contributed by atoms with Gasteiger partial charge in [0.05, 0.1) is 12.6 Å². The fourth-order valence-corrected chi connectivity index (χ4v) is 4.23. The third-order valence-corrected chi connectivity index (χ3v) is 5.71. The van der Waals surface area contributed by atoms with Crippen molar-refractivity contribution in [1.29, 1.82) is 0 Å². The van der Waals surface area contributed by atoms with Crippen LogP contribution < -0.4 is 5.32 Å². The summed E-state index contributed by atoms with van der Waals surface area (Å²) in [4.78, 5) is 41.4. The van der Waals surface area contributed by atoms with Crippen LogP contribution in [0.2, 0.25) is 0 Å². The molecule has 1 unspecified atom stereocenters. The first-order valence-electron chi connectivity index (χ1n) is 9.90. The molecule has 0 bridgehead atoms. The minimum absolute atomic E-state index is 0.0346. The van der Waals surface area contributed by atoms with Gasteiger partial charge in [0.25, 0.3) is 5.91 Å². The topological polar surface area (TPSA) is 90.0 Å².